The fourth-order valence-corrected chi connectivity index (χ4v) is 4.92. The molecule has 0 saturated carbocycles. The van der Waals surface area contributed by atoms with Crippen LogP contribution < -0.4 is 10.2 Å². The van der Waals surface area contributed by atoms with Crippen molar-refractivity contribution in [1.82, 2.24) is 24.8 Å². The van der Waals surface area contributed by atoms with Gasteiger partial charge in [0.25, 0.3) is 5.91 Å². The maximum Gasteiger partial charge on any atom is 0.251 e. The first-order valence-corrected chi connectivity index (χ1v) is 12.1. The number of carbonyl (C=O) groups is 1. The summed E-state index contributed by atoms with van der Waals surface area (Å²) in [6.07, 6.45) is 7.40. The van der Waals surface area contributed by atoms with Gasteiger partial charge in [0.1, 0.15) is 5.69 Å². The third-order valence-electron chi connectivity index (χ3n) is 6.95. The van der Waals surface area contributed by atoms with Gasteiger partial charge in [0, 0.05) is 55.1 Å². The summed E-state index contributed by atoms with van der Waals surface area (Å²) in [5.41, 5.74) is 4.28. The zero-order valence-corrected chi connectivity index (χ0v) is 19.6. The van der Waals surface area contributed by atoms with Crippen molar-refractivity contribution in [2.45, 2.75) is 19.4 Å². The number of anilines is 1. The van der Waals surface area contributed by atoms with Crippen LogP contribution in [0.3, 0.4) is 0 Å². The zero-order valence-electron chi connectivity index (χ0n) is 19.6. The van der Waals surface area contributed by atoms with Crippen LogP contribution in [0.4, 0.5) is 5.82 Å². The van der Waals surface area contributed by atoms with Crippen LogP contribution in [0.1, 0.15) is 23.2 Å². The van der Waals surface area contributed by atoms with E-state index in [1.807, 2.05) is 47.2 Å². The SMILES string of the molecule is O=C(NCCCn1ccnc1)c1ccc2nc(-c3ccccc3)c(N3CCC4(COC4)C3)nc2c1. The lowest BCUT2D eigenvalue weighted by molar-refractivity contribution is -0.0985. The number of rotatable bonds is 7. The third kappa shape index (κ3) is 4.37. The van der Waals surface area contributed by atoms with Gasteiger partial charge in [0.05, 0.1) is 30.6 Å². The van der Waals surface area contributed by atoms with E-state index in [9.17, 15) is 4.79 Å². The van der Waals surface area contributed by atoms with E-state index in [1.165, 1.54) is 0 Å². The highest BCUT2D eigenvalue weighted by Gasteiger charge is 2.45. The number of carbonyl (C=O) groups excluding carboxylic acids is 1. The van der Waals surface area contributed by atoms with Gasteiger partial charge in [-0.25, -0.2) is 15.0 Å². The molecule has 8 heteroatoms. The van der Waals surface area contributed by atoms with Gasteiger partial charge in [-0.3, -0.25) is 4.79 Å². The summed E-state index contributed by atoms with van der Waals surface area (Å²) in [7, 11) is 0. The predicted molar refractivity (Wildman–Crippen MR) is 134 cm³/mol. The summed E-state index contributed by atoms with van der Waals surface area (Å²) in [4.78, 5) is 29.3. The molecule has 1 spiro atoms. The van der Waals surface area contributed by atoms with E-state index in [2.05, 4.69) is 27.3 Å². The number of hydrogen-bond acceptors (Lipinski definition) is 6. The van der Waals surface area contributed by atoms with Crippen molar-refractivity contribution >= 4 is 22.8 Å². The molecule has 2 aromatic carbocycles. The number of nitrogens with one attached hydrogen (secondary N) is 1. The third-order valence-corrected chi connectivity index (χ3v) is 6.95. The first-order chi connectivity index (χ1) is 17.2. The summed E-state index contributed by atoms with van der Waals surface area (Å²) in [6, 6.07) is 15.8. The maximum absolute atomic E-state index is 12.8. The predicted octanol–water partition coefficient (Wildman–Crippen LogP) is 3.54. The minimum absolute atomic E-state index is 0.0974. The highest BCUT2D eigenvalue weighted by Crippen LogP contribution is 2.41. The molecule has 0 radical (unpaired) electrons. The molecule has 2 fully saturated rings. The number of benzene rings is 2. The number of aryl methyl sites for hydroxylation is 1. The summed E-state index contributed by atoms with van der Waals surface area (Å²) < 4.78 is 7.52. The van der Waals surface area contributed by atoms with Crippen molar-refractivity contribution in [3.8, 4) is 11.3 Å². The topological polar surface area (TPSA) is 85.2 Å². The fraction of sp³-hybridized carbons (Fsp3) is 0.333. The molecule has 6 rings (SSSR count). The number of aromatic nitrogens is 4. The minimum atomic E-state index is -0.0974. The maximum atomic E-state index is 12.8. The van der Waals surface area contributed by atoms with Crippen LogP contribution >= 0.6 is 0 Å². The van der Waals surface area contributed by atoms with Crippen LogP contribution in [-0.4, -0.2) is 58.3 Å². The lowest BCUT2D eigenvalue weighted by Gasteiger charge is -2.37. The zero-order chi connectivity index (χ0) is 23.7. The molecular weight excluding hydrogens is 440 g/mol. The molecule has 2 aromatic heterocycles. The standard InChI is InChI=1S/C27H28N6O2/c34-26(29-10-4-12-32-14-11-28-19-32)21-7-8-22-23(15-21)31-25(24(30-22)20-5-2-1-3-6-20)33-13-9-27(16-33)17-35-18-27/h1-3,5-8,11,14-15,19H,4,9-10,12-13,16-18H2,(H,29,34). The normalized spacial score (nSPS) is 16.5. The Morgan fingerprint density at radius 1 is 1.09 bits per heavy atom. The van der Waals surface area contributed by atoms with Gasteiger partial charge in [0.15, 0.2) is 5.82 Å². The molecular formula is C27H28N6O2. The monoisotopic (exact) mass is 468 g/mol. The van der Waals surface area contributed by atoms with Crippen LogP contribution in [0.2, 0.25) is 0 Å². The van der Waals surface area contributed by atoms with Gasteiger partial charge < -0.3 is 19.5 Å². The average Bonchev–Trinajstić information content (AvgIpc) is 3.56. The Balaban J connectivity index is 1.26. The lowest BCUT2D eigenvalue weighted by Crippen LogP contribution is -2.44. The van der Waals surface area contributed by atoms with E-state index in [1.54, 1.807) is 12.5 Å². The molecule has 0 unspecified atom stereocenters. The van der Waals surface area contributed by atoms with Crippen molar-refractivity contribution in [2.24, 2.45) is 5.41 Å². The van der Waals surface area contributed by atoms with E-state index in [0.29, 0.717) is 12.1 Å². The van der Waals surface area contributed by atoms with Crippen molar-refractivity contribution in [3.63, 3.8) is 0 Å². The Kier molecular flexibility index (Phi) is 5.66. The molecule has 4 heterocycles. The van der Waals surface area contributed by atoms with Gasteiger partial charge in [0.2, 0.25) is 0 Å². The Morgan fingerprint density at radius 3 is 2.71 bits per heavy atom. The molecule has 1 amide bonds. The molecule has 0 bridgehead atoms. The van der Waals surface area contributed by atoms with Crippen LogP contribution in [0.15, 0.2) is 67.3 Å². The lowest BCUT2D eigenvalue weighted by atomic mass is 9.85. The minimum Gasteiger partial charge on any atom is -0.380 e. The molecule has 0 aliphatic carbocycles. The fourth-order valence-electron chi connectivity index (χ4n) is 4.92. The second kappa shape index (κ2) is 9.11. The molecule has 178 valence electrons. The summed E-state index contributed by atoms with van der Waals surface area (Å²) in [5.74, 6) is 0.783. The van der Waals surface area contributed by atoms with E-state index < -0.39 is 0 Å². The molecule has 8 nitrogen and oxygen atoms in total. The van der Waals surface area contributed by atoms with Crippen LogP contribution in [0, 0.1) is 5.41 Å². The van der Waals surface area contributed by atoms with Gasteiger partial charge in [-0.15, -0.1) is 0 Å². The number of fused-ring (bicyclic) bond motifs is 1. The molecule has 35 heavy (non-hydrogen) atoms. The molecule has 2 aliphatic heterocycles. The van der Waals surface area contributed by atoms with E-state index in [-0.39, 0.29) is 11.3 Å². The summed E-state index contributed by atoms with van der Waals surface area (Å²) in [6.45, 7) is 4.89. The Morgan fingerprint density at radius 2 is 1.97 bits per heavy atom. The molecule has 1 N–H and O–H groups in total. The van der Waals surface area contributed by atoms with Gasteiger partial charge in [-0.2, -0.15) is 0 Å². The molecule has 0 atom stereocenters. The largest absolute Gasteiger partial charge is 0.380 e. The Labute approximate surface area is 204 Å². The Bertz CT molecular complexity index is 1330. The molecule has 4 aromatic rings. The van der Waals surface area contributed by atoms with Gasteiger partial charge in [-0.1, -0.05) is 30.3 Å². The first-order valence-electron chi connectivity index (χ1n) is 12.1. The van der Waals surface area contributed by atoms with Gasteiger partial charge >= 0.3 is 0 Å². The number of hydrogen-bond donors (Lipinski definition) is 1. The summed E-state index contributed by atoms with van der Waals surface area (Å²) in [5, 5.41) is 3.01. The van der Waals surface area contributed by atoms with Crippen LogP contribution in [0.25, 0.3) is 22.3 Å². The smallest absolute Gasteiger partial charge is 0.251 e. The van der Waals surface area contributed by atoms with Crippen molar-refractivity contribution in [3.05, 3.63) is 72.8 Å². The number of ether oxygens (including phenoxy) is 1. The van der Waals surface area contributed by atoms with E-state index in [0.717, 1.165) is 73.8 Å². The average molecular weight is 469 g/mol. The number of imidazole rings is 1. The van der Waals surface area contributed by atoms with Crippen molar-refractivity contribution < 1.29 is 9.53 Å². The molecule has 2 saturated heterocycles. The highest BCUT2D eigenvalue weighted by molar-refractivity contribution is 5.97. The number of nitrogens with zero attached hydrogens (tertiary/aromatic N) is 5. The van der Waals surface area contributed by atoms with Crippen molar-refractivity contribution in [2.75, 3.05) is 37.7 Å². The van der Waals surface area contributed by atoms with Crippen LogP contribution in [-0.2, 0) is 11.3 Å². The van der Waals surface area contributed by atoms with E-state index in [4.69, 9.17) is 14.7 Å². The first kappa shape index (κ1) is 21.7. The van der Waals surface area contributed by atoms with Crippen molar-refractivity contribution in [1.29, 1.82) is 0 Å². The van der Waals surface area contributed by atoms with Gasteiger partial charge in [-0.05, 0) is 31.0 Å². The van der Waals surface area contributed by atoms with Crippen LogP contribution in [0.5, 0.6) is 0 Å². The quantitative estimate of drug-likeness (QED) is 0.418. The second-order valence-electron chi connectivity index (χ2n) is 9.54. The number of amides is 1. The second-order valence-corrected chi connectivity index (χ2v) is 9.54. The van der Waals surface area contributed by atoms with E-state index >= 15 is 0 Å². The highest BCUT2D eigenvalue weighted by atomic mass is 16.5. The molecule has 2 aliphatic rings. The Hall–Kier alpha value is -3.78. The summed E-state index contributed by atoms with van der Waals surface area (Å²) >= 11 is 0.